The Morgan fingerprint density at radius 3 is 2.53 bits per heavy atom. The van der Waals surface area contributed by atoms with Crippen LogP contribution in [0.4, 0.5) is 0 Å². The van der Waals surface area contributed by atoms with Gasteiger partial charge in [0.25, 0.3) is 0 Å². The van der Waals surface area contributed by atoms with Gasteiger partial charge in [-0.05, 0) is 12.8 Å². The van der Waals surface area contributed by atoms with Crippen molar-refractivity contribution in [3.8, 4) is 0 Å². The van der Waals surface area contributed by atoms with Crippen LogP contribution in [0.2, 0.25) is 0 Å². The number of cyclic esters (lactones) is 2. The topological polar surface area (TPSA) is 43.4 Å². The summed E-state index contributed by atoms with van der Waals surface area (Å²) in [5.41, 5.74) is 0. The van der Waals surface area contributed by atoms with Crippen molar-refractivity contribution in [3.05, 3.63) is 12.2 Å². The molecular formula is C14H22O3. The quantitative estimate of drug-likeness (QED) is 0.282. The number of rotatable bonds is 8. The maximum absolute atomic E-state index is 11.1. The minimum Gasteiger partial charge on any atom is -0.393 e. The molecule has 1 saturated heterocycles. The standard InChI is InChI=1S/C14H22O3/c1-2-3-4-5-6-7-8-9-10-12-11-13(15)17-14(12)16/h9-10,12H,2-8,11H2,1H3/b10-9-. The van der Waals surface area contributed by atoms with Crippen LogP contribution in [0.3, 0.4) is 0 Å². The summed E-state index contributed by atoms with van der Waals surface area (Å²) in [5, 5.41) is 0. The number of carbonyl (C=O) groups excluding carboxylic acids is 2. The van der Waals surface area contributed by atoms with Crippen molar-refractivity contribution < 1.29 is 14.3 Å². The van der Waals surface area contributed by atoms with Crippen LogP contribution in [0.25, 0.3) is 0 Å². The van der Waals surface area contributed by atoms with Gasteiger partial charge in [0.2, 0.25) is 0 Å². The highest BCUT2D eigenvalue weighted by Crippen LogP contribution is 2.17. The fourth-order valence-corrected chi connectivity index (χ4v) is 1.94. The highest BCUT2D eigenvalue weighted by molar-refractivity contribution is 5.95. The third kappa shape index (κ3) is 5.66. The summed E-state index contributed by atoms with van der Waals surface area (Å²) in [6.45, 7) is 2.21. The van der Waals surface area contributed by atoms with E-state index < -0.39 is 11.9 Å². The van der Waals surface area contributed by atoms with Crippen molar-refractivity contribution in [1.29, 1.82) is 0 Å². The fourth-order valence-electron chi connectivity index (χ4n) is 1.94. The number of unbranched alkanes of at least 4 members (excludes halogenated alkanes) is 6. The average Bonchev–Trinajstić information content (AvgIpc) is 2.61. The fraction of sp³-hybridized carbons (Fsp3) is 0.714. The number of esters is 2. The minimum absolute atomic E-state index is 0.214. The second-order valence-electron chi connectivity index (χ2n) is 4.59. The van der Waals surface area contributed by atoms with Crippen LogP contribution < -0.4 is 0 Å². The largest absolute Gasteiger partial charge is 0.393 e. The van der Waals surface area contributed by atoms with E-state index in [1.807, 2.05) is 12.2 Å². The van der Waals surface area contributed by atoms with E-state index in [0.717, 1.165) is 12.8 Å². The van der Waals surface area contributed by atoms with Crippen LogP contribution in [0.15, 0.2) is 12.2 Å². The number of hydrogen-bond acceptors (Lipinski definition) is 3. The van der Waals surface area contributed by atoms with E-state index in [1.54, 1.807) is 0 Å². The zero-order valence-corrected chi connectivity index (χ0v) is 10.6. The van der Waals surface area contributed by atoms with Gasteiger partial charge >= 0.3 is 11.9 Å². The summed E-state index contributed by atoms with van der Waals surface area (Å²) in [6.07, 6.45) is 12.7. The first-order valence-corrected chi connectivity index (χ1v) is 6.65. The summed E-state index contributed by atoms with van der Waals surface area (Å²) in [7, 11) is 0. The zero-order valence-electron chi connectivity index (χ0n) is 10.6. The Kier molecular flexibility index (Phi) is 6.60. The molecule has 1 aliphatic rings. The molecule has 17 heavy (non-hydrogen) atoms. The average molecular weight is 238 g/mol. The second-order valence-corrected chi connectivity index (χ2v) is 4.59. The van der Waals surface area contributed by atoms with E-state index in [0.29, 0.717) is 0 Å². The maximum Gasteiger partial charge on any atom is 0.321 e. The Bertz CT molecular complexity index is 281. The van der Waals surface area contributed by atoms with Crippen LogP contribution in [0.5, 0.6) is 0 Å². The molecule has 0 aromatic carbocycles. The molecule has 3 nitrogen and oxygen atoms in total. The predicted molar refractivity (Wildman–Crippen MR) is 66.3 cm³/mol. The van der Waals surface area contributed by atoms with E-state index in [9.17, 15) is 9.59 Å². The molecule has 0 aliphatic carbocycles. The van der Waals surface area contributed by atoms with E-state index in [2.05, 4.69) is 11.7 Å². The molecule has 0 aromatic rings. The molecule has 96 valence electrons. The molecule has 1 unspecified atom stereocenters. The molecule has 3 heteroatoms. The van der Waals surface area contributed by atoms with Crippen molar-refractivity contribution in [2.75, 3.05) is 0 Å². The van der Waals surface area contributed by atoms with Crippen molar-refractivity contribution in [1.82, 2.24) is 0 Å². The molecule has 0 saturated carbocycles. The van der Waals surface area contributed by atoms with Gasteiger partial charge < -0.3 is 4.74 Å². The number of carbonyl (C=O) groups is 2. The maximum atomic E-state index is 11.1. The number of allylic oxidation sites excluding steroid dienone is 1. The summed E-state index contributed by atoms with van der Waals surface area (Å²) in [4.78, 5) is 22.0. The van der Waals surface area contributed by atoms with Crippen LogP contribution in [-0.2, 0) is 14.3 Å². The van der Waals surface area contributed by atoms with Gasteiger partial charge in [-0.1, -0.05) is 51.2 Å². The molecule has 0 N–H and O–H groups in total. The minimum atomic E-state index is -0.399. The molecule has 0 aromatic heterocycles. The number of ether oxygens (including phenoxy) is 1. The van der Waals surface area contributed by atoms with Crippen LogP contribution in [-0.4, -0.2) is 11.9 Å². The Morgan fingerprint density at radius 1 is 1.18 bits per heavy atom. The van der Waals surface area contributed by atoms with E-state index >= 15 is 0 Å². The summed E-state index contributed by atoms with van der Waals surface area (Å²) in [5.74, 6) is -1.12. The summed E-state index contributed by atoms with van der Waals surface area (Å²) >= 11 is 0. The van der Waals surface area contributed by atoms with E-state index in [4.69, 9.17) is 0 Å². The molecule has 0 radical (unpaired) electrons. The molecule has 1 heterocycles. The summed E-state index contributed by atoms with van der Waals surface area (Å²) < 4.78 is 4.47. The van der Waals surface area contributed by atoms with Gasteiger partial charge in [-0.15, -0.1) is 0 Å². The number of hydrogen-bond donors (Lipinski definition) is 0. The molecule has 1 fully saturated rings. The van der Waals surface area contributed by atoms with Gasteiger partial charge in [0.05, 0.1) is 12.3 Å². The lowest BCUT2D eigenvalue weighted by Gasteiger charge is -1.98. The first-order chi connectivity index (χ1) is 8.24. The van der Waals surface area contributed by atoms with Crippen molar-refractivity contribution in [3.63, 3.8) is 0 Å². The first-order valence-electron chi connectivity index (χ1n) is 6.65. The zero-order chi connectivity index (χ0) is 12.5. The van der Waals surface area contributed by atoms with Gasteiger partial charge in [-0.2, -0.15) is 0 Å². The lowest BCUT2D eigenvalue weighted by molar-refractivity contribution is -0.152. The van der Waals surface area contributed by atoms with Crippen molar-refractivity contribution in [2.24, 2.45) is 5.92 Å². The Morgan fingerprint density at radius 2 is 1.88 bits per heavy atom. The smallest absolute Gasteiger partial charge is 0.321 e. The molecule has 0 amide bonds. The van der Waals surface area contributed by atoms with Crippen LogP contribution >= 0.6 is 0 Å². The Hall–Kier alpha value is -1.12. The third-order valence-corrected chi connectivity index (χ3v) is 3.00. The second kappa shape index (κ2) is 8.04. The molecule has 1 rings (SSSR count). The van der Waals surface area contributed by atoms with E-state index in [1.165, 1.54) is 32.1 Å². The SMILES string of the molecule is CCCCCCCC/C=C\C1CC(=O)OC1=O. The Labute approximate surface area is 103 Å². The summed E-state index contributed by atoms with van der Waals surface area (Å²) in [6, 6.07) is 0. The lowest BCUT2D eigenvalue weighted by Crippen LogP contribution is -2.03. The molecule has 1 atom stereocenters. The predicted octanol–water partition coefficient (Wildman–Crippen LogP) is 3.38. The molecule has 1 aliphatic heterocycles. The Balaban J connectivity index is 2.02. The van der Waals surface area contributed by atoms with Crippen molar-refractivity contribution >= 4 is 11.9 Å². The molecule has 0 bridgehead atoms. The lowest BCUT2D eigenvalue weighted by atomic mass is 10.1. The molecule has 0 spiro atoms. The van der Waals surface area contributed by atoms with Crippen LogP contribution in [0.1, 0.15) is 58.3 Å². The highest BCUT2D eigenvalue weighted by Gasteiger charge is 2.30. The van der Waals surface area contributed by atoms with Gasteiger partial charge in [0.1, 0.15) is 0 Å². The van der Waals surface area contributed by atoms with Crippen LogP contribution in [0, 0.1) is 5.92 Å². The van der Waals surface area contributed by atoms with Crippen molar-refractivity contribution in [2.45, 2.75) is 58.3 Å². The van der Waals surface area contributed by atoms with Gasteiger partial charge in [0, 0.05) is 0 Å². The monoisotopic (exact) mass is 238 g/mol. The van der Waals surface area contributed by atoms with Gasteiger partial charge in [0.15, 0.2) is 0 Å². The van der Waals surface area contributed by atoms with Gasteiger partial charge in [-0.3, -0.25) is 9.59 Å². The third-order valence-electron chi connectivity index (χ3n) is 3.00. The first kappa shape index (κ1) is 13.9. The normalized spacial score (nSPS) is 20.2. The van der Waals surface area contributed by atoms with Gasteiger partial charge in [-0.25, -0.2) is 0 Å². The molecular weight excluding hydrogens is 216 g/mol. The van der Waals surface area contributed by atoms with E-state index in [-0.39, 0.29) is 12.3 Å². The highest BCUT2D eigenvalue weighted by atomic mass is 16.6.